The molecule has 3 aromatic rings. The van der Waals surface area contributed by atoms with E-state index in [1.807, 2.05) is 24.3 Å². The highest BCUT2D eigenvalue weighted by atomic mass is 35.5. The van der Waals surface area contributed by atoms with Crippen molar-refractivity contribution in [2.45, 2.75) is 19.9 Å². The minimum atomic E-state index is -0.329. The molecule has 0 saturated carbocycles. The molecule has 0 aliphatic heterocycles. The number of ether oxygens (including phenoxy) is 1. The molecule has 0 amide bonds. The topological polar surface area (TPSA) is 30.2 Å². The maximum Gasteiger partial charge on any atom is 0.338 e. The van der Waals surface area contributed by atoms with Gasteiger partial charge < -0.3 is 4.74 Å². The van der Waals surface area contributed by atoms with Crippen molar-refractivity contribution in [2.75, 3.05) is 6.61 Å². The normalized spacial score (nSPS) is 10.7. The number of carbonyl (C=O) groups is 1. The van der Waals surface area contributed by atoms with Gasteiger partial charge in [0.2, 0.25) is 5.51 Å². The molecular weight excluding hydrogens is 389 g/mol. The summed E-state index contributed by atoms with van der Waals surface area (Å²) in [4.78, 5) is 13.2. The van der Waals surface area contributed by atoms with Crippen LogP contribution in [0.5, 0.6) is 0 Å². The molecular formula is C20H18Cl2NO2S+. The molecule has 0 radical (unpaired) electrons. The van der Waals surface area contributed by atoms with Gasteiger partial charge in [0.15, 0.2) is 12.2 Å². The summed E-state index contributed by atoms with van der Waals surface area (Å²) in [6.45, 7) is 3.23. The number of esters is 1. The first-order valence-corrected chi connectivity index (χ1v) is 9.80. The van der Waals surface area contributed by atoms with Gasteiger partial charge in [0.05, 0.1) is 17.0 Å². The SMILES string of the molecule is Cc1c(CCOC(=O)c2ccc(Cl)cc2)sc[n+]1Cc1ccc(Cl)cc1. The fraction of sp³-hybridized carbons (Fsp3) is 0.200. The van der Waals surface area contributed by atoms with Gasteiger partial charge in [-0.2, -0.15) is 4.57 Å². The maximum atomic E-state index is 12.0. The van der Waals surface area contributed by atoms with Gasteiger partial charge in [0.25, 0.3) is 0 Å². The highest BCUT2D eigenvalue weighted by Gasteiger charge is 2.16. The highest BCUT2D eigenvalue weighted by molar-refractivity contribution is 7.09. The molecule has 0 unspecified atom stereocenters. The van der Waals surface area contributed by atoms with Crippen molar-refractivity contribution in [1.29, 1.82) is 0 Å². The van der Waals surface area contributed by atoms with Gasteiger partial charge in [0.1, 0.15) is 0 Å². The molecule has 0 fully saturated rings. The van der Waals surface area contributed by atoms with Crippen molar-refractivity contribution in [3.63, 3.8) is 0 Å². The first kappa shape index (κ1) is 18.9. The Kier molecular flexibility index (Phi) is 6.30. The van der Waals surface area contributed by atoms with Crippen LogP contribution in [0.4, 0.5) is 0 Å². The molecule has 0 aliphatic rings. The summed E-state index contributed by atoms with van der Waals surface area (Å²) in [6, 6.07) is 14.6. The predicted octanol–water partition coefficient (Wildman–Crippen LogP) is 5.10. The average molecular weight is 407 g/mol. The third kappa shape index (κ3) is 4.85. The van der Waals surface area contributed by atoms with Gasteiger partial charge in [-0.05, 0) is 36.4 Å². The smallest absolute Gasteiger partial charge is 0.338 e. The highest BCUT2D eigenvalue weighted by Crippen LogP contribution is 2.15. The summed E-state index contributed by atoms with van der Waals surface area (Å²) in [7, 11) is 0. The van der Waals surface area contributed by atoms with Gasteiger partial charge >= 0.3 is 5.97 Å². The fourth-order valence-electron chi connectivity index (χ4n) is 2.54. The van der Waals surface area contributed by atoms with Crippen LogP contribution in [0, 0.1) is 6.92 Å². The Morgan fingerprint density at radius 2 is 1.65 bits per heavy atom. The largest absolute Gasteiger partial charge is 0.462 e. The summed E-state index contributed by atoms with van der Waals surface area (Å²) >= 11 is 13.4. The molecule has 0 N–H and O–H groups in total. The van der Waals surface area contributed by atoms with Crippen molar-refractivity contribution in [2.24, 2.45) is 0 Å². The number of rotatable bonds is 6. The molecule has 2 aromatic carbocycles. The second kappa shape index (κ2) is 8.67. The minimum absolute atomic E-state index is 0.329. The van der Waals surface area contributed by atoms with Crippen molar-refractivity contribution in [1.82, 2.24) is 0 Å². The van der Waals surface area contributed by atoms with E-state index in [1.54, 1.807) is 35.6 Å². The van der Waals surface area contributed by atoms with Crippen molar-refractivity contribution in [3.8, 4) is 0 Å². The van der Waals surface area contributed by atoms with Crippen LogP contribution in [-0.4, -0.2) is 12.6 Å². The zero-order valence-electron chi connectivity index (χ0n) is 14.2. The van der Waals surface area contributed by atoms with E-state index >= 15 is 0 Å². The van der Waals surface area contributed by atoms with Crippen LogP contribution in [0.15, 0.2) is 54.0 Å². The number of aromatic nitrogens is 1. The number of halogens is 2. The quantitative estimate of drug-likeness (QED) is 0.421. The van der Waals surface area contributed by atoms with Crippen LogP contribution in [0.25, 0.3) is 0 Å². The molecule has 6 heteroatoms. The Labute approximate surface area is 166 Å². The van der Waals surface area contributed by atoms with E-state index in [4.69, 9.17) is 27.9 Å². The van der Waals surface area contributed by atoms with Crippen LogP contribution in [-0.2, 0) is 17.7 Å². The van der Waals surface area contributed by atoms with Gasteiger partial charge in [-0.1, -0.05) is 46.7 Å². The Morgan fingerprint density at radius 3 is 2.31 bits per heavy atom. The average Bonchev–Trinajstić information content (AvgIpc) is 2.97. The van der Waals surface area contributed by atoms with E-state index < -0.39 is 0 Å². The third-order valence-corrected chi connectivity index (χ3v) is 5.71. The molecule has 0 spiro atoms. The molecule has 3 rings (SSSR count). The zero-order chi connectivity index (χ0) is 18.5. The van der Waals surface area contributed by atoms with E-state index in [9.17, 15) is 4.79 Å². The van der Waals surface area contributed by atoms with E-state index in [1.165, 1.54) is 16.1 Å². The fourth-order valence-corrected chi connectivity index (χ4v) is 3.77. The monoisotopic (exact) mass is 406 g/mol. The minimum Gasteiger partial charge on any atom is -0.462 e. The molecule has 3 nitrogen and oxygen atoms in total. The second-order valence-corrected chi connectivity index (χ2v) is 7.69. The van der Waals surface area contributed by atoms with Gasteiger partial charge in [-0.3, -0.25) is 0 Å². The summed E-state index contributed by atoms with van der Waals surface area (Å²) in [5.74, 6) is -0.329. The van der Waals surface area contributed by atoms with E-state index in [-0.39, 0.29) is 5.97 Å². The van der Waals surface area contributed by atoms with Crippen molar-refractivity contribution >= 4 is 40.5 Å². The predicted molar refractivity (Wildman–Crippen MR) is 105 cm³/mol. The first-order chi connectivity index (χ1) is 12.5. The lowest BCUT2D eigenvalue weighted by atomic mass is 10.2. The maximum absolute atomic E-state index is 12.0. The van der Waals surface area contributed by atoms with E-state index in [0.717, 1.165) is 11.6 Å². The summed E-state index contributed by atoms with van der Waals surface area (Å²) in [6.07, 6.45) is 0.698. The molecule has 134 valence electrons. The van der Waals surface area contributed by atoms with Gasteiger partial charge in [0, 0.05) is 29.0 Å². The lowest BCUT2D eigenvalue weighted by Crippen LogP contribution is -2.35. The zero-order valence-corrected chi connectivity index (χ0v) is 16.6. The summed E-state index contributed by atoms with van der Waals surface area (Å²) in [5, 5.41) is 1.34. The van der Waals surface area contributed by atoms with E-state index in [0.29, 0.717) is 23.6 Å². The third-order valence-electron chi connectivity index (χ3n) is 4.06. The number of thiazole rings is 1. The van der Waals surface area contributed by atoms with Crippen molar-refractivity contribution in [3.05, 3.63) is 85.8 Å². The van der Waals surface area contributed by atoms with Crippen LogP contribution in [0.3, 0.4) is 0 Å². The molecule has 1 heterocycles. The second-order valence-electron chi connectivity index (χ2n) is 5.88. The lowest BCUT2D eigenvalue weighted by Gasteiger charge is -2.04. The first-order valence-electron chi connectivity index (χ1n) is 8.16. The van der Waals surface area contributed by atoms with Crippen LogP contribution < -0.4 is 4.57 Å². The Bertz CT molecular complexity index is 889. The molecule has 26 heavy (non-hydrogen) atoms. The van der Waals surface area contributed by atoms with Crippen LogP contribution >= 0.6 is 34.5 Å². The molecule has 0 atom stereocenters. The van der Waals surface area contributed by atoms with E-state index in [2.05, 4.69) is 17.0 Å². The molecule has 0 bridgehead atoms. The van der Waals surface area contributed by atoms with Crippen LogP contribution in [0.1, 0.15) is 26.5 Å². The van der Waals surface area contributed by atoms with Crippen molar-refractivity contribution < 1.29 is 14.1 Å². The number of hydrogen-bond donors (Lipinski definition) is 0. The summed E-state index contributed by atoms with van der Waals surface area (Å²) < 4.78 is 7.57. The summed E-state index contributed by atoms with van der Waals surface area (Å²) in [5.41, 5.74) is 4.99. The number of carbonyl (C=O) groups excluding carboxylic acids is 1. The Morgan fingerprint density at radius 1 is 1.04 bits per heavy atom. The standard InChI is InChI=1S/C20H18Cl2NO2S/c1-14-19(10-11-25-20(24)16-4-8-18(22)9-5-16)26-13-23(14)12-15-2-6-17(21)7-3-15/h2-9,13H,10-12H2,1H3/q+1. The molecule has 1 aromatic heterocycles. The number of hydrogen-bond acceptors (Lipinski definition) is 3. The number of benzene rings is 2. The van der Waals surface area contributed by atoms with Crippen LogP contribution in [0.2, 0.25) is 10.0 Å². The Balaban J connectivity index is 1.55. The Hall–Kier alpha value is -1.88. The lowest BCUT2D eigenvalue weighted by molar-refractivity contribution is -0.689. The van der Waals surface area contributed by atoms with Gasteiger partial charge in [-0.15, -0.1) is 0 Å². The number of nitrogens with zero attached hydrogens (tertiary/aromatic N) is 1. The molecule has 0 saturated heterocycles. The molecule has 0 aliphatic carbocycles. The van der Waals surface area contributed by atoms with Gasteiger partial charge in [-0.25, -0.2) is 4.79 Å².